The van der Waals surface area contributed by atoms with Crippen molar-refractivity contribution in [3.8, 4) is 5.75 Å². The molecule has 0 fully saturated rings. The molecular weight excluding hydrogens is 506 g/mol. The highest BCUT2D eigenvalue weighted by molar-refractivity contribution is 7.62. The second-order valence-electron chi connectivity index (χ2n) is 7.98. The lowest BCUT2D eigenvalue weighted by atomic mass is 10.1. The van der Waals surface area contributed by atoms with Crippen molar-refractivity contribution < 1.29 is 29.1 Å². The Morgan fingerprint density at radius 2 is 1.89 bits per heavy atom. The van der Waals surface area contributed by atoms with Crippen molar-refractivity contribution in [1.82, 2.24) is 19.5 Å². The quantitative estimate of drug-likeness (QED) is 0.165. The zero-order chi connectivity index (χ0) is 25.9. The maximum atomic E-state index is 11.7. The Hall–Kier alpha value is -3.40. The van der Waals surface area contributed by atoms with Crippen LogP contribution in [0.4, 0.5) is 17.5 Å². The van der Waals surface area contributed by atoms with Crippen molar-refractivity contribution in [1.29, 1.82) is 0 Å². The minimum Gasteiger partial charge on any atom is -0.508 e. The lowest BCUT2D eigenvalue weighted by Gasteiger charge is -2.16. The molecule has 4 aromatic rings. The van der Waals surface area contributed by atoms with E-state index < -0.39 is 21.1 Å². The highest BCUT2D eigenvalue weighted by Gasteiger charge is 2.56. The number of hydrogen-bond donors (Lipinski definition) is 6. The summed E-state index contributed by atoms with van der Waals surface area (Å²) in [4.78, 5) is 32.4. The first-order chi connectivity index (χ1) is 17.1. The molecule has 2 unspecified atom stereocenters. The van der Waals surface area contributed by atoms with Gasteiger partial charge in [-0.3, -0.25) is 4.57 Å². The van der Waals surface area contributed by atoms with Gasteiger partial charge in [-0.2, -0.15) is 9.97 Å². The first-order valence-corrected chi connectivity index (χ1v) is 13.5. The average molecular weight is 531 g/mol. The number of imidazole rings is 1. The Bertz CT molecular complexity index is 1440. The topological polar surface area (TPSA) is 183 Å². The van der Waals surface area contributed by atoms with Crippen LogP contribution in [0.1, 0.15) is 18.1 Å². The summed E-state index contributed by atoms with van der Waals surface area (Å²) < 4.78 is 24.9. The second kappa shape index (κ2) is 10.3. The van der Waals surface area contributed by atoms with Gasteiger partial charge in [0, 0.05) is 24.3 Å². The van der Waals surface area contributed by atoms with Crippen molar-refractivity contribution in [3.63, 3.8) is 0 Å². The fourth-order valence-electron chi connectivity index (χ4n) is 3.60. The van der Waals surface area contributed by atoms with Crippen LogP contribution < -0.4 is 10.6 Å². The second-order valence-corrected chi connectivity index (χ2v) is 11.1. The molecule has 0 amide bonds. The van der Waals surface area contributed by atoms with Gasteiger partial charge in [-0.15, -0.1) is 0 Å². The number of phenolic OH excluding ortho intramolecular Hbond substituents is 1. The zero-order valence-corrected chi connectivity index (χ0v) is 21.1. The van der Waals surface area contributed by atoms with Crippen LogP contribution in [0.25, 0.3) is 11.2 Å². The Labute approximate surface area is 207 Å². The summed E-state index contributed by atoms with van der Waals surface area (Å²) in [6.45, 7) is 3.07. The first-order valence-electron chi connectivity index (χ1n) is 10.9. The predicted molar refractivity (Wildman–Crippen MR) is 136 cm³/mol. The lowest BCUT2D eigenvalue weighted by Crippen LogP contribution is -2.18. The summed E-state index contributed by atoms with van der Waals surface area (Å²) in [5.41, 5.74) is 2.38. The van der Waals surface area contributed by atoms with E-state index in [-0.39, 0.29) is 11.3 Å². The highest BCUT2D eigenvalue weighted by atomic mass is 31.2. The van der Waals surface area contributed by atoms with E-state index in [2.05, 4.69) is 25.6 Å². The summed E-state index contributed by atoms with van der Waals surface area (Å²) in [5, 5.41) is 23.4. The normalized spacial score (nSPS) is 13.6. The van der Waals surface area contributed by atoms with E-state index in [1.807, 2.05) is 17.6 Å². The molecule has 2 heterocycles. The number of benzene rings is 2. The van der Waals surface area contributed by atoms with Crippen LogP contribution in [0.3, 0.4) is 0 Å². The standard InChI is InChI=1S/C22H24N6O6P2/c1-2-23-21-26-19(25-16-8-6-15(7-9-16)22(30,35-31)36(32,33)34)18-20(27-21)28(13-24-18)11-10-14-4-3-5-17(29)12-14/h3-9,12-13,29-30H,2,10-11H2,1H3,(H2,32,33,34)(H2,23,25,26,27)/p+1. The van der Waals surface area contributed by atoms with Gasteiger partial charge < -0.3 is 35.2 Å². The van der Waals surface area contributed by atoms with Crippen molar-refractivity contribution in [2.24, 2.45) is 0 Å². The lowest BCUT2D eigenvalue weighted by molar-refractivity contribution is 0.168. The van der Waals surface area contributed by atoms with E-state index in [1.54, 1.807) is 24.5 Å². The van der Waals surface area contributed by atoms with Crippen LogP contribution in [-0.4, -0.2) is 46.1 Å². The third kappa shape index (κ3) is 5.23. The molecule has 0 aliphatic heterocycles. The van der Waals surface area contributed by atoms with Gasteiger partial charge in [0.2, 0.25) is 5.95 Å². The maximum absolute atomic E-state index is 11.7. The summed E-state index contributed by atoms with van der Waals surface area (Å²) >= 11 is 0. The molecule has 2 atom stereocenters. The number of nitrogens with one attached hydrogen (secondary N) is 2. The largest absolute Gasteiger partial charge is 0.508 e. The zero-order valence-electron chi connectivity index (χ0n) is 19.2. The smallest absolute Gasteiger partial charge is 0.412 e. The molecule has 2 aromatic carbocycles. The summed E-state index contributed by atoms with van der Waals surface area (Å²) in [7, 11) is -6.74. The molecule has 6 N–H and O–H groups in total. The number of rotatable bonds is 10. The molecule has 0 radical (unpaired) electrons. The van der Waals surface area contributed by atoms with E-state index in [1.165, 1.54) is 24.3 Å². The molecule has 0 aliphatic rings. The fourth-order valence-corrected chi connectivity index (χ4v) is 4.85. The maximum Gasteiger partial charge on any atom is 0.412 e. The Morgan fingerprint density at radius 1 is 1.14 bits per heavy atom. The van der Waals surface area contributed by atoms with Crippen LogP contribution in [0.2, 0.25) is 0 Å². The van der Waals surface area contributed by atoms with Gasteiger partial charge in [0.05, 0.1) is 6.33 Å². The number of hydrogen-bond acceptors (Lipinski definition) is 9. The van der Waals surface area contributed by atoms with Gasteiger partial charge in [-0.25, -0.2) is 4.98 Å². The molecule has 188 valence electrons. The van der Waals surface area contributed by atoms with Crippen LogP contribution in [-0.2, 0) is 27.2 Å². The van der Waals surface area contributed by atoms with Crippen molar-refractivity contribution in [2.45, 2.75) is 25.0 Å². The van der Waals surface area contributed by atoms with Gasteiger partial charge in [-0.1, -0.05) is 16.7 Å². The number of aromatic nitrogens is 4. The van der Waals surface area contributed by atoms with Crippen LogP contribution in [0.5, 0.6) is 5.75 Å². The molecule has 36 heavy (non-hydrogen) atoms. The predicted octanol–water partition coefficient (Wildman–Crippen LogP) is 3.25. The molecule has 0 aliphatic carbocycles. The summed E-state index contributed by atoms with van der Waals surface area (Å²) in [6, 6.07) is 12.6. The molecule has 14 heteroatoms. The first kappa shape index (κ1) is 25.7. The molecule has 0 bridgehead atoms. The molecular formula is C22H25N6O6P2+. The number of fused-ring (bicyclic) bond motifs is 1. The SMILES string of the molecule is CCNc1nc(Nc2ccc(C(O)([PH+]=O)P(=O)(O)O)cc2)c2ncn(CCc3cccc(O)c3)c2n1. The van der Waals surface area contributed by atoms with Gasteiger partial charge >= 0.3 is 21.1 Å². The number of nitrogens with zero attached hydrogens (tertiary/aromatic N) is 4. The van der Waals surface area contributed by atoms with Crippen LogP contribution >= 0.6 is 16.1 Å². The van der Waals surface area contributed by atoms with Crippen LogP contribution in [0, 0.1) is 0 Å². The van der Waals surface area contributed by atoms with Gasteiger partial charge in [0.25, 0.3) is 0 Å². The minimum atomic E-state index is -5.09. The van der Waals surface area contributed by atoms with Crippen molar-refractivity contribution in [2.75, 3.05) is 17.2 Å². The third-order valence-corrected chi connectivity index (χ3v) is 8.29. The molecule has 2 aromatic heterocycles. The number of aromatic hydroxyl groups is 1. The van der Waals surface area contributed by atoms with Crippen molar-refractivity contribution in [3.05, 3.63) is 66.0 Å². The van der Waals surface area contributed by atoms with E-state index in [4.69, 9.17) is 0 Å². The highest BCUT2D eigenvalue weighted by Crippen LogP contribution is 2.61. The Balaban J connectivity index is 1.64. The Morgan fingerprint density at radius 3 is 2.53 bits per heavy atom. The molecule has 0 saturated heterocycles. The number of aliphatic hydroxyl groups is 1. The molecule has 12 nitrogen and oxygen atoms in total. The van der Waals surface area contributed by atoms with E-state index in [0.29, 0.717) is 48.1 Å². The third-order valence-electron chi connectivity index (χ3n) is 5.46. The summed E-state index contributed by atoms with van der Waals surface area (Å²) in [6.07, 6.45) is 2.30. The van der Waals surface area contributed by atoms with E-state index in [0.717, 1.165) is 5.56 Å². The number of anilines is 3. The van der Waals surface area contributed by atoms with E-state index in [9.17, 15) is 29.1 Å². The van der Waals surface area contributed by atoms with Gasteiger partial charge in [0.1, 0.15) is 5.75 Å². The number of aryl methyl sites for hydroxylation is 2. The van der Waals surface area contributed by atoms with E-state index >= 15 is 0 Å². The summed E-state index contributed by atoms with van der Waals surface area (Å²) in [5.74, 6) is 0.981. The Kier molecular flexibility index (Phi) is 7.35. The fraction of sp³-hybridized carbons (Fsp3) is 0.227. The van der Waals surface area contributed by atoms with Crippen LogP contribution in [0.15, 0.2) is 54.9 Å². The monoisotopic (exact) mass is 531 g/mol. The molecule has 4 rings (SSSR count). The van der Waals surface area contributed by atoms with Crippen molar-refractivity contribution >= 4 is 44.7 Å². The molecule has 0 saturated carbocycles. The van der Waals surface area contributed by atoms with Gasteiger partial charge in [-0.05, 0) is 55.3 Å². The average Bonchev–Trinajstić information content (AvgIpc) is 3.25. The molecule has 0 spiro atoms. The minimum absolute atomic E-state index is 0.174. The van der Waals surface area contributed by atoms with Gasteiger partial charge in [0.15, 0.2) is 17.0 Å². The number of phenols is 1.